The Morgan fingerprint density at radius 1 is 1.07 bits per heavy atom. The van der Waals surface area contributed by atoms with Gasteiger partial charge in [0.05, 0.1) is 16.4 Å². The van der Waals surface area contributed by atoms with Crippen molar-refractivity contribution < 1.29 is 8.42 Å². The van der Waals surface area contributed by atoms with Crippen LogP contribution in [0.4, 0.5) is 0 Å². The molecule has 1 aliphatic rings. The molecule has 0 saturated carbocycles. The van der Waals surface area contributed by atoms with E-state index in [4.69, 9.17) is 12.2 Å². The fraction of sp³-hybridized carbons (Fsp3) is 0.294. The minimum Gasteiger partial charge on any atom is -0.282 e. The summed E-state index contributed by atoms with van der Waals surface area (Å²) in [6.07, 6.45) is 0. The average Bonchev–Trinajstić information content (AvgIpc) is 3.33. The highest BCUT2D eigenvalue weighted by molar-refractivity contribution is 7.89. The van der Waals surface area contributed by atoms with Crippen molar-refractivity contribution in [1.29, 1.82) is 0 Å². The van der Waals surface area contributed by atoms with E-state index in [1.54, 1.807) is 39.9 Å². The number of benzene rings is 1. The van der Waals surface area contributed by atoms with Crippen LogP contribution < -0.4 is 0 Å². The van der Waals surface area contributed by atoms with Crippen LogP contribution in [0, 0.1) is 4.77 Å². The minimum absolute atomic E-state index is 0.342. The van der Waals surface area contributed by atoms with Gasteiger partial charge in [-0.25, -0.2) is 13.1 Å². The van der Waals surface area contributed by atoms with Gasteiger partial charge in [-0.15, -0.1) is 11.3 Å². The number of nitrogens with one attached hydrogen (secondary N) is 1. The van der Waals surface area contributed by atoms with Crippen LogP contribution in [0.2, 0.25) is 0 Å². The maximum Gasteiger partial charge on any atom is 0.243 e. The number of aromatic nitrogens is 3. The van der Waals surface area contributed by atoms with Crippen LogP contribution in [0.3, 0.4) is 0 Å². The molecule has 1 fully saturated rings. The largest absolute Gasteiger partial charge is 0.282 e. The number of thiophene rings is 1. The van der Waals surface area contributed by atoms with E-state index in [1.165, 1.54) is 0 Å². The van der Waals surface area contributed by atoms with Crippen LogP contribution in [0.5, 0.6) is 0 Å². The van der Waals surface area contributed by atoms with Gasteiger partial charge in [-0.3, -0.25) is 10.00 Å². The standard InChI is InChI=1S/C17H19N5O2S3/c23-27(24,14-5-2-1-3-6-14)21-10-8-20(9-11-21)13-22-17(25)18-16(19-22)15-7-4-12-26-15/h1-7,12H,8-11,13H2,(H,18,19,25). The summed E-state index contributed by atoms with van der Waals surface area (Å²) in [6.45, 7) is 2.76. The first-order chi connectivity index (χ1) is 13.0. The molecule has 7 nitrogen and oxygen atoms in total. The molecule has 2 aromatic heterocycles. The fourth-order valence-electron chi connectivity index (χ4n) is 3.03. The highest BCUT2D eigenvalue weighted by Crippen LogP contribution is 2.21. The van der Waals surface area contributed by atoms with Gasteiger partial charge in [0, 0.05) is 26.2 Å². The summed E-state index contributed by atoms with van der Waals surface area (Å²) in [5.74, 6) is 0.764. The topological polar surface area (TPSA) is 74.2 Å². The number of H-pyrrole nitrogens is 1. The third-order valence-corrected chi connectivity index (χ3v) is 7.59. The van der Waals surface area contributed by atoms with Crippen LogP contribution in [0.25, 0.3) is 10.7 Å². The summed E-state index contributed by atoms with van der Waals surface area (Å²) in [6, 6.07) is 12.5. The van der Waals surface area contributed by atoms with Crippen LogP contribution in [-0.4, -0.2) is 58.6 Å². The van der Waals surface area contributed by atoms with Crippen LogP contribution in [0.1, 0.15) is 0 Å². The molecule has 0 atom stereocenters. The van der Waals surface area contributed by atoms with Gasteiger partial charge < -0.3 is 0 Å². The monoisotopic (exact) mass is 421 g/mol. The minimum atomic E-state index is -3.43. The van der Waals surface area contributed by atoms with Crippen LogP contribution in [0.15, 0.2) is 52.7 Å². The molecule has 1 aliphatic heterocycles. The Balaban J connectivity index is 1.41. The molecule has 3 heterocycles. The summed E-state index contributed by atoms with van der Waals surface area (Å²) in [5, 5.41) is 5.23. The van der Waals surface area contributed by atoms with E-state index in [-0.39, 0.29) is 0 Å². The van der Waals surface area contributed by atoms with Crippen molar-refractivity contribution in [2.45, 2.75) is 11.6 Å². The van der Waals surface area contributed by atoms with Gasteiger partial charge in [0.15, 0.2) is 5.82 Å². The van der Waals surface area contributed by atoms with E-state index in [0.717, 1.165) is 10.7 Å². The summed E-state index contributed by atoms with van der Waals surface area (Å²) in [7, 11) is -3.43. The SMILES string of the molecule is O=S(=O)(c1ccccc1)N1CCN(Cn2[nH]c(-c3cccs3)nc2=S)CC1. The van der Waals surface area contributed by atoms with E-state index in [2.05, 4.69) is 15.0 Å². The maximum atomic E-state index is 12.7. The lowest BCUT2D eigenvalue weighted by Crippen LogP contribution is -2.48. The molecule has 10 heteroatoms. The number of hydrogen-bond donors (Lipinski definition) is 1. The molecule has 0 amide bonds. The van der Waals surface area contributed by atoms with Crippen molar-refractivity contribution in [2.75, 3.05) is 26.2 Å². The quantitative estimate of drug-likeness (QED) is 0.641. The van der Waals surface area contributed by atoms with E-state index < -0.39 is 10.0 Å². The average molecular weight is 422 g/mol. The molecule has 1 N–H and O–H groups in total. The first-order valence-corrected chi connectivity index (χ1v) is 11.2. The zero-order valence-corrected chi connectivity index (χ0v) is 16.9. The Bertz CT molecular complexity index is 1050. The summed E-state index contributed by atoms with van der Waals surface area (Å²) in [4.78, 5) is 7.96. The Morgan fingerprint density at radius 2 is 1.81 bits per heavy atom. The molecular weight excluding hydrogens is 402 g/mol. The normalized spacial score (nSPS) is 16.6. The number of nitrogens with zero attached hydrogens (tertiary/aromatic N) is 4. The maximum absolute atomic E-state index is 12.7. The number of rotatable bonds is 5. The van der Waals surface area contributed by atoms with E-state index in [0.29, 0.717) is 42.5 Å². The van der Waals surface area contributed by atoms with Crippen molar-refractivity contribution in [3.8, 4) is 10.7 Å². The Morgan fingerprint density at radius 3 is 2.48 bits per heavy atom. The molecule has 1 aromatic carbocycles. The third-order valence-electron chi connectivity index (χ3n) is 4.49. The second-order valence-electron chi connectivity index (χ2n) is 6.24. The molecule has 3 aromatic rings. The number of piperazine rings is 1. The Kier molecular flexibility index (Phi) is 5.24. The van der Waals surface area contributed by atoms with Gasteiger partial charge in [-0.1, -0.05) is 24.3 Å². The first-order valence-electron chi connectivity index (χ1n) is 8.52. The van der Waals surface area contributed by atoms with Crippen molar-refractivity contribution >= 4 is 33.6 Å². The molecule has 0 spiro atoms. The second kappa shape index (κ2) is 7.64. The van der Waals surface area contributed by atoms with Gasteiger partial charge in [0.25, 0.3) is 0 Å². The molecule has 0 radical (unpaired) electrons. The molecule has 27 heavy (non-hydrogen) atoms. The number of sulfonamides is 1. The molecule has 4 rings (SSSR count). The molecule has 1 saturated heterocycles. The van der Waals surface area contributed by atoms with Gasteiger partial charge in [0.2, 0.25) is 14.8 Å². The van der Waals surface area contributed by atoms with E-state index in [1.807, 2.05) is 28.3 Å². The lowest BCUT2D eigenvalue weighted by molar-refractivity contribution is 0.145. The second-order valence-corrected chi connectivity index (χ2v) is 9.49. The smallest absolute Gasteiger partial charge is 0.243 e. The highest BCUT2D eigenvalue weighted by atomic mass is 32.2. The van der Waals surface area contributed by atoms with Crippen LogP contribution in [-0.2, 0) is 16.7 Å². The molecule has 142 valence electrons. The van der Waals surface area contributed by atoms with E-state index >= 15 is 0 Å². The van der Waals surface area contributed by atoms with Crippen molar-refractivity contribution in [1.82, 2.24) is 24.0 Å². The summed E-state index contributed by atoms with van der Waals surface area (Å²) in [5.41, 5.74) is 0. The zero-order valence-electron chi connectivity index (χ0n) is 14.5. The zero-order chi connectivity index (χ0) is 18.9. The van der Waals surface area contributed by atoms with Crippen LogP contribution >= 0.6 is 23.6 Å². The van der Waals surface area contributed by atoms with Gasteiger partial charge >= 0.3 is 0 Å². The van der Waals surface area contributed by atoms with E-state index in [9.17, 15) is 8.42 Å². The van der Waals surface area contributed by atoms with Gasteiger partial charge in [0.1, 0.15) is 0 Å². The lowest BCUT2D eigenvalue weighted by atomic mass is 10.4. The van der Waals surface area contributed by atoms with Crippen molar-refractivity contribution in [3.05, 3.63) is 52.6 Å². The fourth-order valence-corrected chi connectivity index (χ4v) is 5.33. The van der Waals surface area contributed by atoms with Crippen molar-refractivity contribution in [2.24, 2.45) is 0 Å². The Hall–Kier alpha value is -1.85. The highest BCUT2D eigenvalue weighted by Gasteiger charge is 2.28. The number of hydrogen-bond acceptors (Lipinski definition) is 6. The van der Waals surface area contributed by atoms with Gasteiger partial charge in [-0.05, 0) is 35.8 Å². The third kappa shape index (κ3) is 3.90. The molecular formula is C17H19N5O2S3. The molecule has 0 bridgehead atoms. The predicted molar refractivity (Wildman–Crippen MR) is 107 cm³/mol. The predicted octanol–water partition coefficient (Wildman–Crippen LogP) is 2.63. The van der Waals surface area contributed by atoms with Crippen molar-refractivity contribution in [3.63, 3.8) is 0 Å². The molecule has 0 unspecified atom stereocenters. The summed E-state index contributed by atoms with van der Waals surface area (Å²) < 4.78 is 29.3. The summed E-state index contributed by atoms with van der Waals surface area (Å²) >= 11 is 6.96. The molecule has 0 aliphatic carbocycles. The number of aromatic amines is 1. The lowest BCUT2D eigenvalue weighted by Gasteiger charge is -2.33. The van der Waals surface area contributed by atoms with Gasteiger partial charge in [-0.2, -0.15) is 9.29 Å². The Labute approximate surface area is 166 Å². The first kappa shape index (κ1) is 18.5.